The van der Waals surface area contributed by atoms with E-state index in [1.807, 2.05) is 0 Å². The van der Waals surface area contributed by atoms with Crippen LogP contribution in [-0.2, 0) is 0 Å². The van der Waals surface area contributed by atoms with Gasteiger partial charge in [-0.1, -0.05) is 6.58 Å². The minimum Gasteiger partial charge on any atom is -0.272 e. The maximum atomic E-state index is 11.7. The molecule has 0 N–H and O–H groups in total. The van der Waals surface area contributed by atoms with Gasteiger partial charge in [-0.05, 0) is 0 Å². The van der Waals surface area contributed by atoms with Crippen LogP contribution in [0.2, 0.25) is 0 Å². The second-order valence-electron chi connectivity index (χ2n) is 3.23. The van der Waals surface area contributed by atoms with Crippen molar-refractivity contribution >= 4 is 5.91 Å². The summed E-state index contributed by atoms with van der Waals surface area (Å²) in [4.78, 5) is 34.4. The first-order valence-corrected chi connectivity index (χ1v) is 4.81. The number of carbonyl (C=O) groups is 1. The molecule has 1 aromatic heterocycles. The summed E-state index contributed by atoms with van der Waals surface area (Å²) >= 11 is 0. The molecule has 98 valence electrons. The van der Waals surface area contributed by atoms with Crippen LogP contribution in [0.3, 0.4) is 0 Å². The predicted octanol–water partition coefficient (Wildman–Crippen LogP) is 1.03. The van der Waals surface area contributed by atoms with Gasteiger partial charge in [-0.15, -0.1) is 0 Å². The lowest BCUT2D eigenvalue weighted by Crippen LogP contribution is -2.10. The lowest BCUT2D eigenvalue weighted by molar-refractivity contribution is -0.424. The standard InChI is InChI=1S/C10H8N4O5/c1-8(10(15)12-5-3-11-7-12)6-9(14(18)19)2-4-13(16)17/h2-7H,1H2. The van der Waals surface area contributed by atoms with Crippen molar-refractivity contribution in [3.63, 3.8) is 0 Å². The van der Waals surface area contributed by atoms with Crippen molar-refractivity contribution in [1.29, 1.82) is 0 Å². The summed E-state index contributed by atoms with van der Waals surface area (Å²) in [5.41, 5.74) is -0.812. The minimum absolute atomic E-state index is 0.197. The monoisotopic (exact) mass is 264 g/mol. The fourth-order valence-corrected chi connectivity index (χ4v) is 1.08. The number of imidazole rings is 1. The number of allylic oxidation sites excluding steroid dienone is 3. The Morgan fingerprint density at radius 2 is 2.05 bits per heavy atom. The van der Waals surface area contributed by atoms with Gasteiger partial charge >= 0.3 is 0 Å². The number of hydrogen-bond acceptors (Lipinski definition) is 6. The third-order valence-electron chi connectivity index (χ3n) is 1.91. The van der Waals surface area contributed by atoms with Crippen LogP contribution in [0.25, 0.3) is 0 Å². The maximum absolute atomic E-state index is 11.7. The van der Waals surface area contributed by atoms with E-state index in [0.717, 1.165) is 10.6 Å². The molecule has 0 aliphatic rings. The van der Waals surface area contributed by atoms with Crippen molar-refractivity contribution in [3.8, 4) is 0 Å². The highest BCUT2D eigenvalue weighted by atomic mass is 16.6. The Hall–Kier alpha value is -3.10. The van der Waals surface area contributed by atoms with Gasteiger partial charge in [0.25, 0.3) is 11.6 Å². The normalized spacial score (nSPS) is 11.5. The minimum atomic E-state index is -0.855. The Balaban J connectivity index is 2.96. The molecule has 19 heavy (non-hydrogen) atoms. The van der Waals surface area contributed by atoms with Gasteiger partial charge in [-0.3, -0.25) is 29.6 Å². The molecule has 0 aliphatic carbocycles. The van der Waals surface area contributed by atoms with E-state index in [2.05, 4.69) is 11.6 Å². The van der Waals surface area contributed by atoms with Gasteiger partial charge in [-0.2, -0.15) is 0 Å². The van der Waals surface area contributed by atoms with Crippen molar-refractivity contribution in [2.45, 2.75) is 0 Å². The van der Waals surface area contributed by atoms with Crippen LogP contribution in [0.5, 0.6) is 0 Å². The van der Waals surface area contributed by atoms with Crippen molar-refractivity contribution in [2.75, 3.05) is 0 Å². The molecule has 0 saturated carbocycles. The Bertz CT molecular complexity index is 585. The van der Waals surface area contributed by atoms with Crippen molar-refractivity contribution in [1.82, 2.24) is 9.55 Å². The zero-order chi connectivity index (χ0) is 14.4. The van der Waals surface area contributed by atoms with Gasteiger partial charge in [0.2, 0.25) is 6.20 Å². The van der Waals surface area contributed by atoms with Crippen LogP contribution in [0.4, 0.5) is 0 Å². The first-order chi connectivity index (χ1) is 8.91. The molecule has 0 spiro atoms. The molecule has 0 aliphatic heterocycles. The van der Waals surface area contributed by atoms with E-state index in [-0.39, 0.29) is 5.57 Å². The van der Waals surface area contributed by atoms with Gasteiger partial charge in [-0.25, -0.2) is 4.98 Å². The third kappa shape index (κ3) is 4.00. The Kier molecular flexibility index (Phi) is 4.41. The molecule has 1 heterocycles. The lowest BCUT2D eigenvalue weighted by Gasteiger charge is -1.99. The van der Waals surface area contributed by atoms with Crippen LogP contribution < -0.4 is 0 Å². The molecular weight excluding hydrogens is 256 g/mol. The average molecular weight is 264 g/mol. The largest absolute Gasteiger partial charge is 0.276 e. The molecule has 1 rings (SSSR count). The Morgan fingerprint density at radius 3 is 2.53 bits per heavy atom. The smallest absolute Gasteiger partial charge is 0.272 e. The predicted molar refractivity (Wildman–Crippen MR) is 63.2 cm³/mol. The highest BCUT2D eigenvalue weighted by Crippen LogP contribution is 2.06. The molecular formula is C10H8N4O5. The Labute approximate surface area is 106 Å². The number of rotatable bonds is 5. The van der Waals surface area contributed by atoms with E-state index in [1.165, 1.54) is 18.7 Å². The summed E-state index contributed by atoms with van der Waals surface area (Å²) in [5.74, 6) is -0.619. The number of aromatic nitrogens is 2. The summed E-state index contributed by atoms with van der Waals surface area (Å²) in [6.45, 7) is 3.38. The number of nitrogens with zero attached hydrogens (tertiary/aromatic N) is 4. The summed E-state index contributed by atoms with van der Waals surface area (Å²) in [6, 6.07) is 0. The zero-order valence-electron chi connectivity index (χ0n) is 9.50. The second kappa shape index (κ2) is 6.00. The van der Waals surface area contributed by atoms with Gasteiger partial charge in [0.15, 0.2) is 0 Å². The molecule has 0 aromatic carbocycles. The van der Waals surface area contributed by atoms with E-state index in [4.69, 9.17) is 0 Å². The molecule has 0 radical (unpaired) electrons. The third-order valence-corrected chi connectivity index (χ3v) is 1.91. The molecule has 0 fully saturated rings. The molecule has 9 heteroatoms. The fraction of sp³-hybridized carbons (Fsp3) is 0. The van der Waals surface area contributed by atoms with Crippen molar-refractivity contribution in [2.24, 2.45) is 0 Å². The quantitative estimate of drug-likeness (QED) is 0.339. The van der Waals surface area contributed by atoms with E-state index >= 15 is 0 Å². The molecule has 0 saturated heterocycles. The molecule has 9 nitrogen and oxygen atoms in total. The summed E-state index contributed by atoms with van der Waals surface area (Å²) in [6.07, 6.45) is 5.84. The van der Waals surface area contributed by atoms with Crippen molar-refractivity contribution in [3.05, 3.63) is 75.2 Å². The fourth-order valence-electron chi connectivity index (χ4n) is 1.08. The van der Waals surface area contributed by atoms with Gasteiger partial charge in [0.05, 0.1) is 15.9 Å². The van der Waals surface area contributed by atoms with Crippen LogP contribution in [0.1, 0.15) is 4.79 Å². The maximum Gasteiger partial charge on any atom is 0.276 e. The number of carbonyl (C=O) groups excluding carboxylic acids is 1. The molecule has 0 atom stereocenters. The van der Waals surface area contributed by atoms with E-state index in [0.29, 0.717) is 12.3 Å². The first-order valence-electron chi connectivity index (χ1n) is 4.81. The van der Waals surface area contributed by atoms with Crippen molar-refractivity contribution < 1.29 is 14.6 Å². The zero-order valence-corrected chi connectivity index (χ0v) is 9.50. The van der Waals surface area contributed by atoms with Crippen LogP contribution >= 0.6 is 0 Å². The second-order valence-corrected chi connectivity index (χ2v) is 3.23. The topological polar surface area (TPSA) is 121 Å². The van der Waals surface area contributed by atoms with Gasteiger partial charge in [0, 0.05) is 24.0 Å². The summed E-state index contributed by atoms with van der Waals surface area (Å²) < 4.78 is 1.08. The number of nitro groups is 2. The van der Waals surface area contributed by atoms with E-state index in [9.17, 15) is 25.0 Å². The lowest BCUT2D eigenvalue weighted by atomic mass is 10.2. The van der Waals surface area contributed by atoms with E-state index < -0.39 is 21.5 Å². The molecule has 0 unspecified atom stereocenters. The number of hydrogen-bond donors (Lipinski definition) is 0. The van der Waals surface area contributed by atoms with Gasteiger partial charge in [0.1, 0.15) is 6.33 Å². The van der Waals surface area contributed by atoms with E-state index in [1.54, 1.807) is 0 Å². The molecule has 0 bridgehead atoms. The SMILES string of the molecule is C=C(C=C(C=C[N+](=O)[O-])[N+](=O)[O-])C(=O)n1ccnc1. The highest BCUT2D eigenvalue weighted by Gasteiger charge is 2.13. The summed E-state index contributed by atoms with van der Waals surface area (Å²) in [5, 5.41) is 20.7. The highest BCUT2D eigenvalue weighted by molar-refractivity contribution is 5.97. The molecule has 1 aromatic rings. The van der Waals surface area contributed by atoms with Crippen LogP contribution in [-0.4, -0.2) is 25.3 Å². The van der Waals surface area contributed by atoms with Crippen LogP contribution in [0, 0.1) is 20.2 Å². The Morgan fingerprint density at radius 1 is 1.37 bits per heavy atom. The van der Waals surface area contributed by atoms with Crippen LogP contribution in [0.15, 0.2) is 54.9 Å². The average Bonchev–Trinajstić information content (AvgIpc) is 2.86. The first kappa shape index (κ1) is 14.0. The summed E-state index contributed by atoms with van der Waals surface area (Å²) in [7, 11) is 0. The van der Waals surface area contributed by atoms with Gasteiger partial charge < -0.3 is 0 Å². The molecule has 0 amide bonds.